The lowest BCUT2D eigenvalue weighted by Gasteiger charge is -2.34. The molecule has 0 aliphatic carbocycles. The van der Waals surface area contributed by atoms with Crippen LogP contribution >= 0.6 is 0 Å². The third-order valence-corrected chi connectivity index (χ3v) is 5.45. The van der Waals surface area contributed by atoms with Crippen molar-refractivity contribution in [1.82, 2.24) is 4.90 Å². The van der Waals surface area contributed by atoms with Gasteiger partial charge in [0.25, 0.3) is 5.91 Å². The van der Waals surface area contributed by atoms with Gasteiger partial charge in [0.2, 0.25) is 0 Å². The number of carbonyl (C=O) groups excluding carboxylic acids is 2. The van der Waals surface area contributed by atoms with Gasteiger partial charge in [0, 0.05) is 17.6 Å². The van der Waals surface area contributed by atoms with Crippen LogP contribution in [-0.4, -0.2) is 35.5 Å². The highest BCUT2D eigenvalue weighted by Crippen LogP contribution is 2.52. The van der Waals surface area contributed by atoms with Gasteiger partial charge >= 0.3 is 5.97 Å². The van der Waals surface area contributed by atoms with Crippen molar-refractivity contribution >= 4 is 11.9 Å². The molecule has 4 nitrogen and oxygen atoms in total. The molecule has 2 saturated heterocycles. The number of benzene rings is 1. The van der Waals surface area contributed by atoms with Crippen LogP contribution in [0.5, 0.6) is 0 Å². The molecule has 0 saturated carbocycles. The molecule has 130 valence electrons. The van der Waals surface area contributed by atoms with Crippen molar-refractivity contribution < 1.29 is 23.1 Å². The van der Waals surface area contributed by atoms with Crippen molar-refractivity contribution in [1.29, 1.82) is 0 Å². The number of hydrogen-bond acceptors (Lipinski definition) is 3. The van der Waals surface area contributed by atoms with Gasteiger partial charge in [-0.1, -0.05) is 6.92 Å². The predicted molar refractivity (Wildman–Crippen MR) is 83.3 cm³/mol. The smallest absolute Gasteiger partial charge is 0.314 e. The van der Waals surface area contributed by atoms with Crippen molar-refractivity contribution in [3.8, 4) is 0 Å². The summed E-state index contributed by atoms with van der Waals surface area (Å²) in [6.45, 7) is 3.99. The summed E-state index contributed by atoms with van der Waals surface area (Å²) in [6, 6.07) is 2.87. The Morgan fingerprint density at radius 2 is 2.00 bits per heavy atom. The van der Waals surface area contributed by atoms with Crippen molar-refractivity contribution in [2.45, 2.75) is 51.6 Å². The van der Waals surface area contributed by atoms with E-state index in [2.05, 4.69) is 0 Å². The second kappa shape index (κ2) is 6.15. The molecule has 3 rings (SSSR count). The molecule has 1 amide bonds. The maximum absolute atomic E-state index is 13.5. The molecule has 24 heavy (non-hydrogen) atoms. The van der Waals surface area contributed by atoms with Gasteiger partial charge in [-0.05, 0) is 50.8 Å². The van der Waals surface area contributed by atoms with E-state index >= 15 is 0 Å². The first kappa shape index (κ1) is 16.9. The van der Waals surface area contributed by atoms with Crippen molar-refractivity contribution in [3.63, 3.8) is 0 Å². The molecule has 0 radical (unpaired) electrons. The van der Waals surface area contributed by atoms with Crippen LogP contribution in [0.25, 0.3) is 0 Å². The first-order valence-electron chi connectivity index (χ1n) is 8.39. The van der Waals surface area contributed by atoms with E-state index in [1.807, 2.05) is 6.92 Å². The Morgan fingerprint density at radius 3 is 2.62 bits per heavy atom. The van der Waals surface area contributed by atoms with Crippen LogP contribution in [0.3, 0.4) is 0 Å². The summed E-state index contributed by atoms with van der Waals surface area (Å²) in [6.07, 6.45) is 2.71. The molecular formula is C18H21F2NO3. The normalized spacial score (nSPS) is 28.2. The number of nitrogens with zero attached hydrogens (tertiary/aromatic N) is 1. The van der Waals surface area contributed by atoms with Gasteiger partial charge in [0.15, 0.2) is 11.6 Å². The first-order valence-corrected chi connectivity index (χ1v) is 8.39. The van der Waals surface area contributed by atoms with E-state index in [1.165, 1.54) is 6.07 Å². The number of hydrogen-bond donors (Lipinski definition) is 0. The highest BCUT2D eigenvalue weighted by molar-refractivity contribution is 5.96. The average Bonchev–Trinajstić information content (AvgIpc) is 3.13. The van der Waals surface area contributed by atoms with Crippen LogP contribution in [0.4, 0.5) is 8.78 Å². The van der Waals surface area contributed by atoms with Gasteiger partial charge in [-0.25, -0.2) is 8.78 Å². The van der Waals surface area contributed by atoms with E-state index in [-0.39, 0.29) is 29.5 Å². The Balaban J connectivity index is 1.91. The number of esters is 1. The van der Waals surface area contributed by atoms with Gasteiger partial charge in [-0.15, -0.1) is 0 Å². The molecule has 2 aliphatic rings. The fraction of sp³-hybridized carbons (Fsp3) is 0.556. The summed E-state index contributed by atoms with van der Waals surface area (Å²) in [5.74, 6) is -2.63. The zero-order valence-corrected chi connectivity index (χ0v) is 13.9. The Hall–Kier alpha value is -1.98. The second-order valence-corrected chi connectivity index (χ2v) is 6.52. The number of carbonyl (C=O) groups is 2. The average molecular weight is 337 g/mol. The van der Waals surface area contributed by atoms with Gasteiger partial charge in [0.1, 0.15) is 0 Å². The van der Waals surface area contributed by atoms with Gasteiger partial charge < -0.3 is 9.64 Å². The zero-order chi connectivity index (χ0) is 17.5. The third-order valence-electron chi connectivity index (χ3n) is 5.45. The van der Waals surface area contributed by atoms with E-state index in [4.69, 9.17) is 4.74 Å². The molecule has 2 aliphatic heterocycles. The summed E-state index contributed by atoms with van der Waals surface area (Å²) >= 11 is 0. The summed E-state index contributed by atoms with van der Waals surface area (Å²) in [5, 5.41) is 0. The molecule has 1 aromatic carbocycles. The number of rotatable bonds is 4. The van der Waals surface area contributed by atoms with Crippen LogP contribution in [0.2, 0.25) is 0 Å². The van der Waals surface area contributed by atoms with Crippen molar-refractivity contribution in [2.75, 3.05) is 6.61 Å². The minimum absolute atomic E-state index is 0.0556. The number of halogens is 2. The molecule has 0 N–H and O–H groups in total. The minimum Gasteiger partial charge on any atom is -0.466 e. The van der Waals surface area contributed by atoms with Crippen LogP contribution < -0.4 is 0 Å². The zero-order valence-electron chi connectivity index (χ0n) is 13.9. The maximum Gasteiger partial charge on any atom is 0.314 e. The Bertz CT molecular complexity index is 678. The lowest BCUT2D eigenvalue weighted by molar-refractivity contribution is -0.157. The van der Waals surface area contributed by atoms with E-state index < -0.39 is 17.0 Å². The number of ether oxygens (including phenoxy) is 1. The predicted octanol–water partition coefficient (Wildman–Crippen LogP) is 3.30. The summed E-state index contributed by atoms with van der Waals surface area (Å²) in [7, 11) is 0. The molecule has 1 aromatic rings. The fourth-order valence-electron chi connectivity index (χ4n) is 4.29. The van der Waals surface area contributed by atoms with Crippen LogP contribution in [0, 0.1) is 17.0 Å². The molecule has 0 aromatic heterocycles. The molecule has 0 spiro atoms. The summed E-state index contributed by atoms with van der Waals surface area (Å²) in [5.41, 5.74) is -0.575. The van der Waals surface area contributed by atoms with E-state index in [9.17, 15) is 18.4 Å². The maximum atomic E-state index is 13.5. The molecule has 2 bridgehead atoms. The fourth-order valence-corrected chi connectivity index (χ4v) is 4.29. The standard InChI is InChI=1S/C18H21F2NO3/c1-3-18(17(23)24-4-2)10-12-6-8-15(18)21(12)16(22)11-5-7-13(19)14(20)9-11/h5,7,9,12,15H,3-4,6,8,10H2,1-2H3/t12-,15+,18+/m1/s1. The van der Waals surface area contributed by atoms with Gasteiger partial charge in [0.05, 0.1) is 12.0 Å². The van der Waals surface area contributed by atoms with Gasteiger partial charge in [-0.3, -0.25) is 9.59 Å². The molecule has 3 atom stereocenters. The first-order chi connectivity index (χ1) is 11.4. The number of fused-ring (bicyclic) bond motifs is 2. The van der Waals surface area contributed by atoms with Crippen molar-refractivity contribution in [3.05, 3.63) is 35.4 Å². The quantitative estimate of drug-likeness (QED) is 0.792. The summed E-state index contributed by atoms with van der Waals surface area (Å²) in [4.78, 5) is 27.0. The van der Waals surface area contributed by atoms with E-state index in [1.54, 1.807) is 11.8 Å². The lowest BCUT2D eigenvalue weighted by Crippen LogP contribution is -2.45. The van der Waals surface area contributed by atoms with E-state index in [0.29, 0.717) is 19.4 Å². The van der Waals surface area contributed by atoms with E-state index in [0.717, 1.165) is 25.0 Å². The highest BCUT2D eigenvalue weighted by Gasteiger charge is 2.61. The third kappa shape index (κ3) is 2.39. The Morgan fingerprint density at radius 1 is 1.25 bits per heavy atom. The monoisotopic (exact) mass is 337 g/mol. The second-order valence-electron chi connectivity index (χ2n) is 6.52. The molecule has 2 fully saturated rings. The van der Waals surface area contributed by atoms with Crippen molar-refractivity contribution in [2.24, 2.45) is 5.41 Å². The Labute approximate surface area is 139 Å². The van der Waals surface area contributed by atoms with Crippen LogP contribution in [0.15, 0.2) is 18.2 Å². The largest absolute Gasteiger partial charge is 0.466 e. The lowest BCUT2D eigenvalue weighted by atomic mass is 9.72. The molecule has 0 unspecified atom stereocenters. The van der Waals surface area contributed by atoms with Crippen LogP contribution in [-0.2, 0) is 9.53 Å². The molecule has 2 heterocycles. The summed E-state index contributed by atoms with van der Waals surface area (Å²) < 4.78 is 31.8. The number of amides is 1. The Kier molecular flexibility index (Phi) is 4.32. The highest BCUT2D eigenvalue weighted by atomic mass is 19.2. The minimum atomic E-state index is -1.04. The molecule has 6 heteroatoms. The molecular weight excluding hydrogens is 316 g/mol. The SMILES string of the molecule is CCOC(=O)[C@@]1(CC)C[C@H]2CC[C@@H]1N2C(=O)c1ccc(F)c(F)c1. The van der Waals surface area contributed by atoms with Gasteiger partial charge in [-0.2, -0.15) is 0 Å². The topological polar surface area (TPSA) is 46.6 Å². The van der Waals surface area contributed by atoms with Crippen LogP contribution in [0.1, 0.15) is 49.9 Å².